The van der Waals surface area contributed by atoms with Crippen LogP contribution in [0.15, 0.2) is 71.9 Å². The zero-order valence-corrected chi connectivity index (χ0v) is 18.0. The molecule has 0 atom stereocenters. The van der Waals surface area contributed by atoms with Gasteiger partial charge in [-0.05, 0) is 42.5 Å². The van der Waals surface area contributed by atoms with Crippen LogP contribution < -0.4 is 15.7 Å². The van der Waals surface area contributed by atoms with Gasteiger partial charge in [0, 0.05) is 30.3 Å². The number of rotatable bonds is 8. The maximum Gasteiger partial charge on any atom is 0.350 e. The monoisotopic (exact) mass is 465 g/mol. The Balaban J connectivity index is 1.27. The Morgan fingerprint density at radius 2 is 1.82 bits per heavy atom. The maximum absolute atomic E-state index is 13.9. The summed E-state index contributed by atoms with van der Waals surface area (Å²) in [4.78, 5) is 17.0. The topological polar surface area (TPSA) is 83.2 Å². The van der Waals surface area contributed by atoms with Gasteiger partial charge in [-0.2, -0.15) is 9.78 Å². The molecule has 4 aromatic rings. The minimum Gasteiger partial charge on any atom is -0.457 e. The number of aromatic nitrogens is 4. The molecule has 2 aromatic carbocycles. The van der Waals surface area contributed by atoms with Crippen molar-refractivity contribution in [1.82, 2.24) is 19.3 Å². The van der Waals surface area contributed by atoms with Gasteiger partial charge in [0.1, 0.15) is 35.3 Å². The number of nitrogens with zero attached hydrogens (tertiary/aromatic N) is 4. The van der Waals surface area contributed by atoms with Crippen LogP contribution in [0.5, 0.6) is 11.5 Å². The maximum atomic E-state index is 13.9. The van der Waals surface area contributed by atoms with E-state index in [2.05, 4.69) is 15.4 Å². The standard InChI is InChI=1S/C24H21F2N5O3/c25-21-2-1-3-22(26)20(21)12-30-15-29-31(24(30)32)17-4-6-18(7-5-17)34-19-8-9-27-23(10-19)28-11-16-13-33-14-16/h1-10,15-16H,11-14H2,(H,27,28). The number of hydrogen-bond acceptors (Lipinski definition) is 6. The summed E-state index contributed by atoms with van der Waals surface area (Å²) in [6, 6.07) is 13.9. The Kier molecular flexibility index (Phi) is 6.05. The molecule has 0 saturated carbocycles. The summed E-state index contributed by atoms with van der Waals surface area (Å²) in [7, 11) is 0. The summed E-state index contributed by atoms with van der Waals surface area (Å²) in [5.41, 5.74) is -0.219. The summed E-state index contributed by atoms with van der Waals surface area (Å²) in [5.74, 6) is 0.957. The normalized spacial score (nSPS) is 13.5. The molecule has 0 bridgehead atoms. The SMILES string of the molecule is O=c1n(Cc2c(F)cccc2F)cnn1-c1ccc(Oc2ccnc(NCC3COC3)c2)cc1. The first-order chi connectivity index (χ1) is 16.6. The molecule has 1 aliphatic heterocycles. The van der Waals surface area contributed by atoms with Crippen molar-refractivity contribution >= 4 is 5.82 Å². The lowest BCUT2D eigenvalue weighted by Crippen LogP contribution is -2.33. The van der Waals surface area contributed by atoms with Gasteiger partial charge in [0.05, 0.1) is 25.4 Å². The van der Waals surface area contributed by atoms with E-state index in [1.165, 1.54) is 12.4 Å². The highest BCUT2D eigenvalue weighted by atomic mass is 19.1. The summed E-state index contributed by atoms with van der Waals surface area (Å²) in [6.07, 6.45) is 2.91. The van der Waals surface area contributed by atoms with E-state index in [9.17, 15) is 13.6 Å². The van der Waals surface area contributed by atoms with Crippen molar-refractivity contribution < 1.29 is 18.3 Å². The number of ether oxygens (including phenoxy) is 2. The molecule has 1 aliphatic rings. The minimum absolute atomic E-state index is 0.194. The molecule has 8 nitrogen and oxygen atoms in total. The first-order valence-electron chi connectivity index (χ1n) is 10.7. The van der Waals surface area contributed by atoms with E-state index < -0.39 is 17.3 Å². The summed E-state index contributed by atoms with van der Waals surface area (Å²) >= 11 is 0. The molecule has 0 aliphatic carbocycles. The van der Waals surface area contributed by atoms with E-state index in [-0.39, 0.29) is 12.1 Å². The van der Waals surface area contributed by atoms with Crippen LogP contribution in [-0.4, -0.2) is 39.1 Å². The lowest BCUT2D eigenvalue weighted by molar-refractivity contribution is -0.0248. The average Bonchev–Trinajstić information content (AvgIpc) is 3.16. The number of hydrogen-bond donors (Lipinski definition) is 1. The second-order valence-electron chi connectivity index (χ2n) is 7.91. The molecule has 174 valence electrons. The van der Waals surface area contributed by atoms with Crippen molar-refractivity contribution in [3.05, 3.63) is 94.8 Å². The predicted molar refractivity (Wildman–Crippen MR) is 120 cm³/mol. The van der Waals surface area contributed by atoms with Crippen molar-refractivity contribution in [2.24, 2.45) is 5.92 Å². The van der Waals surface area contributed by atoms with Gasteiger partial charge in [-0.3, -0.25) is 4.57 Å². The predicted octanol–water partition coefficient (Wildman–Crippen LogP) is 3.61. The zero-order chi connectivity index (χ0) is 23.5. The van der Waals surface area contributed by atoms with Crippen LogP contribution in [0.2, 0.25) is 0 Å². The van der Waals surface area contributed by atoms with Crippen molar-refractivity contribution in [2.75, 3.05) is 25.1 Å². The van der Waals surface area contributed by atoms with E-state index in [4.69, 9.17) is 9.47 Å². The van der Waals surface area contributed by atoms with Gasteiger partial charge < -0.3 is 14.8 Å². The molecule has 0 radical (unpaired) electrons. The fourth-order valence-electron chi connectivity index (χ4n) is 3.49. The van der Waals surface area contributed by atoms with E-state index in [0.29, 0.717) is 28.9 Å². The molecule has 0 amide bonds. The average molecular weight is 465 g/mol. The molecule has 1 N–H and O–H groups in total. The Morgan fingerprint density at radius 1 is 1.06 bits per heavy atom. The van der Waals surface area contributed by atoms with Crippen molar-refractivity contribution in [2.45, 2.75) is 6.54 Å². The van der Waals surface area contributed by atoms with Crippen molar-refractivity contribution in [3.8, 4) is 17.2 Å². The Bertz CT molecular complexity index is 1330. The van der Waals surface area contributed by atoms with Crippen LogP contribution in [0.1, 0.15) is 5.56 Å². The van der Waals surface area contributed by atoms with Gasteiger partial charge in [-0.25, -0.2) is 18.6 Å². The quantitative estimate of drug-likeness (QED) is 0.428. The molecular formula is C24H21F2N5O3. The van der Waals surface area contributed by atoms with Gasteiger partial charge in [0.25, 0.3) is 0 Å². The molecule has 0 spiro atoms. The number of benzene rings is 2. The Hall–Kier alpha value is -4.05. The van der Waals surface area contributed by atoms with Crippen LogP contribution in [0.4, 0.5) is 14.6 Å². The Morgan fingerprint density at radius 3 is 2.53 bits per heavy atom. The fraction of sp³-hybridized carbons (Fsp3) is 0.208. The Labute approximate surface area is 193 Å². The number of nitrogens with one attached hydrogen (secondary N) is 1. The minimum atomic E-state index is -0.715. The van der Waals surface area contributed by atoms with E-state index in [0.717, 1.165) is 41.1 Å². The lowest BCUT2D eigenvalue weighted by atomic mass is 10.1. The first kappa shape index (κ1) is 21.8. The van der Waals surface area contributed by atoms with E-state index >= 15 is 0 Å². The highest BCUT2D eigenvalue weighted by Crippen LogP contribution is 2.24. The van der Waals surface area contributed by atoms with E-state index in [1.807, 2.05) is 0 Å². The molecule has 2 aromatic heterocycles. The molecule has 0 unspecified atom stereocenters. The van der Waals surface area contributed by atoms with Crippen LogP contribution >= 0.6 is 0 Å². The third-order valence-electron chi connectivity index (χ3n) is 5.45. The molecule has 10 heteroatoms. The molecule has 3 heterocycles. The summed E-state index contributed by atoms with van der Waals surface area (Å²) in [5, 5.41) is 7.34. The fourth-order valence-corrected chi connectivity index (χ4v) is 3.49. The second kappa shape index (κ2) is 9.44. The van der Waals surface area contributed by atoms with Gasteiger partial charge in [-0.1, -0.05) is 6.07 Å². The number of pyridine rings is 1. The van der Waals surface area contributed by atoms with Crippen molar-refractivity contribution in [3.63, 3.8) is 0 Å². The highest BCUT2D eigenvalue weighted by Gasteiger charge is 2.18. The summed E-state index contributed by atoms with van der Waals surface area (Å²) in [6.45, 7) is 2.05. The molecule has 1 fully saturated rings. The van der Waals surface area contributed by atoms with Crippen LogP contribution in [0.25, 0.3) is 5.69 Å². The van der Waals surface area contributed by atoms with E-state index in [1.54, 1.807) is 42.6 Å². The smallest absolute Gasteiger partial charge is 0.350 e. The highest BCUT2D eigenvalue weighted by molar-refractivity contribution is 5.44. The molecule has 1 saturated heterocycles. The molecular weight excluding hydrogens is 444 g/mol. The lowest BCUT2D eigenvalue weighted by Gasteiger charge is -2.26. The number of halogens is 2. The first-order valence-corrected chi connectivity index (χ1v) is 10.7. The van der Waals surface area contributed by atoms with Gasteiger partial charge in [0.2, 0.25) is 0 Å². The van der Waals surface area contributed by atoms with Crippen LogP contribution in [0.3, 0.4) is 0 Å². The van der Waals surface area contributed by atoms with Gasteiger partial charge in [-0.15, -0.1) is 0 Å². The van der Waals surface area contributed by atoms with Crippen molar-refractivity contribution in [1.29, 1.82) is 0 Å². The second-order valence-corrected chi connectivity index (χ2v) is 7.91. The van der Waals surface area contributed by atoms with Crippen LogP contribution in [-0.2, 0) is 11.3 Å². The molecule has 5 rings (SSSR count). The van der Waals surface area contributed by atoms with Gasteiger partial charge in [0.15, 0.2) is 0 Å². The third kappa shape index (κ3) is 4.67. The summed E-state index contributed by atoms with van der Waals surface area (Å²) < 4.78 is 41.2. The van der Waals surface area contributed by atoms with Gasteiger partial charge >= 0.3 is 5.69 Å². The van der Waals surface area contributed by atoms with Crippen LogP contribution in [0, 0.1) is 17.6 Å². The zero-order valence-electron chi connectivity index (χ0n) is 18.0. The number of anilines is 1. The third-order valence-corrected chi connectivity index (χ3v) is 5.45. The largest absolute Gasteiger partial charge is 0.457 e. The molecule has 34 heavy (non-hydrogen) atoms.